The van der Waals surface area contributed by atoms with Gasteiger partial charge in [0.05, 0.1) is 0 Å². The highest BCUT2D eigenvalue weighted by Crippen LogP contribution is 1.87. The van der Waals surface area contributed by atoms with E-state index in [0.717, 1.165) is 4.90 Å². The molecule has 1 N–H and O–H groups in total. The third-order valence-corrected chi connectivity index (χ3v) is 0.787. The molecule has 0 atom stereocenters. The Morgan fingerprint density at radius 1 is 1.56 bits per heavy atom. The molecule has 0 rings (SSSR count). The first-order valence-corrected chi connectivity index (χ1v) is 3.29. The standard InChI is InChI=1S/C3H7NO4S/c1-4(2)3-8-9(5,6)7/h1-3H2,(H,5,6,7). The van der Waals surface area contributed by atoms with Crippen LogP contribution in [0.2, 0.25) is 0 Å². The van der Waals surface area contributed by atoms with E-state index in [1.54, 1.807) is 0 Å². The molecule has 0 aromatic carbocycles. The summed E-state index contributed by atoms with van der Waals surface area (Å²) in [6, 6.07) is 0. The maximum Gasteiger partial charge on any atom is 0.398 e. The van der Waals surface area contributed by atoms with Gasteiger partial charge in [-0.15, -0.1) is 0 Å². The maximum atomic E-state index is 9.79. The molecule has 6 heteroatoms. The summed E-state index contributed by atoms with van der Waals surface area (Å²) in [5.41, 5.74) is 0. The SMILES string of the molecule is [CH2]N([CH2])COS(=O)(=O)O. The zero-order chi connectivity index (χ0) is 7.49. The van der Waals surface area contributed by atoms with E-state index >= 15 is 0 Å². The van der Waals surface area contributed by atoms with Gasteiger partial charge < -0.3 is 0 Å². The lowest BCUT2D eigenvalue weighted by molar-refractivity contribution is 0.190. The van der Waals surface area contributed by atoms with Crippen molar-refractivity contribution in [1.29, 1.82) is 0 Å². The van der Waals surface area contributed by atoms with Gasteiger partial charge in [0, 0.05) is 14.1 Å². The van der Waals surface area contributed by atoms with E-state index in [-0.39, 0.29) is 6.73 Å². The number of hydrogen-bond acceptors (Lipinski definition) is 4. The predicted molar refractivity (Wildman–Crippen MR) is 30.1 cm³/mol. The van der Waals surface area contributed by atoms with Gasteiger partial charge in [-0.2, -0.15) is 8.42 Å². The van der Waals surface area contributed by atoms with Crippen LogP contribution in [0.3, 0.4) is 0 Å². The third-order valence-electron chi connectivity index (χ3n) is 0.384. The Morgan fingerprint density at radius 3 is 2.11 bits per heavy atom. The molecule has 0 fully saturated rings. The van der Waals surface area contributed by atoms with Crippen molar-refractivity contribution >= 4 is 10.4 Å². The Morgan fingerprint density at radius 2 is 2.00 bits per heavy atom. The molecule has 9 heavy (non-hydrogen) atoms. The summed E-state index contributed by atoms with van der Waals surface area (Å²) in [6.07, 6.45) is 0. The van der Waals surface area contributed by atoms with Gasteiger partial charge in [-0.3, -0.25) is 9.45 Å². The van der Waals surface area contributed by atoms with Crippen LogP contribution in [0, 0.1) is 14.1 Å². The van der Waals surface area contributed by atoms with E-state index in [1.165, 1.54) is 0 Å². The van der Waals surface area contributed by atoms with E-state index < -0.39 is 10.4 Å². The fourth-order valence-corrected chi connectivity index (χ4v) is 0.423. The lowest BCUT2D eigenvalue weighted by Crippen LogP contribution is -2.15. The van der Waals surface area contributed by atoms with Gasteiger partial charge in [0.25, 0.3) is 0 Å². The number of hydrogen-bond donors (Lipinski definition) is 1. The topological polar surface area (TPSA) is 66.8 Å². The molecule has 0 spiro atoms. The van der Waals surface area contributed by atoms with Crippen LogP contribution >= 0.6 is 0 Å². The zero-order valence-corrected chi connectivity index (χ0v) is 5.47. The Kier molecular flexibility index (Phi) is 3.06. The van der Waals surface area contributed by atoms with Gasteiger partial charge in [-0.1, -0.05) is 0 Å². The normalized spacial score (nSPS) is 12.4. The summed E-state index contributed by atoms with van der Waals surface area (Å²) in [5, 5.41) is 0. The molecule has 0 unspecified atom stereocenters. The van der Waals surface area contributed by atoms with E-state index in [0.29, 0.717) is 0 Å². The van der Waals surface area contributed by atoms with Crippen LogP contribution < -0.4 is 0 Å². The van der Waals surface area contributed by atoms with Crippen molar-refractivity contribution in [2.24, 2.45) is 0 Å². The fraction of sp³-hybridized carbons (Fsp3) is 0.333. The molecule has 0 saturated carbocycles. The smallest absolute Gasteiger partial charge is 0.277 e. The van der Waals surface area contributed by atoms with E-state index in [2.05, 4.69) is 18.3 Å². The van der Waals surface area contributed by atoms with Crippen LogP contribution in [0.15, 0.2) is 0 Å². The van der Waals surface area contributed by atoms with Gasteiger partial charge in [-0.25, -0.2) is 4.18 Å². The van der Waals surface area contributed by atoms with Crippen molar-refractivity contribution in [2.75, 3.05) is 6.73 Å². The van der Waals surface area contributed by atoms with Crippen LogP contribution in [-0.4, -0.2) is 24.6 Å². The second-order valence-corrected chi connectivity index (χ2v) is 2.44. The molecule has 0 amide bonds. The maximum absolute atomic E-state index is 9.79. The highest BCUT2D eigenvalue weighted by molar-refractivity contribution is 7.80. The molecule has 0 aliphatic carbocycles. The Hall–Kier alpha value is -0.170. The lowest BCUT2D eigenvalue weighted by atomic mass is 11.0. The highest BCUT2D eigenvalue weighted by Gasteiger charge is 2.03. The number of nitrogens with zero attached hydrogens (tertiary/aromatic N) is 1. The van der Waals surface area contributed by atoms with Gasteiger partial charge in [-0.05, 0) is 0 Å². The van der Waals surface area contributed by atoms with E-state index in [9.17, 15) is 8.42 Å². The molecule has 54 valence electrons. The molecule has 0 aromatic rings. The summed E-state index contributed by atoms with van der Waals surface area (Å²) in [4.78, 5) is 0.966. The Bertz CT molecular complexity index is 161. The molecular formula is C3H7NO4S. The third kappa shape index (κ3) is 7.83. The molecule has 5 nitrogen and oxygen atoms in total. The summed E-state index contributed by atoms with van der Waals surface area (Å²) >= 11 is 0. The fourth-order valence-electron chi connectivity index (χ4n) is 0.141. The van der Waals surface area contributed by atoms with Crippen LogP contribution in [0.4, 0.5) is 0 Å². The monoisotopic (exact) mass is 153 g/mol. The first-order chi connectivity index (χ1) is 3.92. The number of rotatable bonds is 3. The minimum atomic E-state index is -4.34. The minimum absolute atomic E-state index is 0.362. The van der Waals surface area contributed by atoms with Crippen LogP contribution in [-0.2, 0) is 14.6 Å². The van der Waals surface area contributed by atoms with Crippen LogP contribution in [0.1, 0.15) is 0 Å². The summed E-state index contributed by atoms with van der Waals surface area (Å²) in [7, 11) is 1.99. The molecule has 0 aromatic heterocycles. The summed E-state index contributed by atoms with van der Waals surface area (Å²) in [6.45, 7) is -0.362. The van der Waals surface area contributed by atoms with Crippen molar-refractivity contribution in [2.45, 2.75) is 0 Å². The lowest BCUT2D eigenvalue weighted by Gasteiger charge is -2.05. The molecule has 2 radical (unpaired) electrons. The van der Waals surface area contributed by atoms with Crippen molar-refractivity contribution in [3.05, 3.63) is 14.1 Å². The van der Waals surface area contributed by atoms with Gasteiger partial charge in [0.1, 0.15) is 6.73 Å². The molecule has 0 aliphatic rings. The van der Waals surface area contributed by atoms with Crippen molar-refractivity contribution in [3.63, 3.8) is 0 Å². The molecular weight excluding hydrogens is 146 g/mol. The first kappa shape index (κ1) is 8.83. The van der Waals surface area contributed by atoms with Gasteiger partial charge >= 0.3 is 10.4 Å². The van der Waals surface area contributed by atoms with E-state index in [4.69, 9.17) is 4.55 Å². The van der Waals surface area contributed by atoms with Crippen LogP contribution in [0.5, 0.6) is 0 Å². The quantitative estimate of drug-likeness (QED) is 0.443. The summed E-state index contributed by atoms with van der Waals surface area (Å²) in [5.74, 6) is 0. The predicted octanol–water partition coefficient (Wildman–Crippen LogP) is -0.352. The second kappa shape index (κ2) is 3.11. The minimum Gasteiger partial charge on any atom is -0.277 e. The average Bonchev–Trinajstić information content (AvgIpc) is 1.59. The average molecular weight is 153 g/mol. The highest BCUT2D eigenvalue weighted by atomic mass is 32.3. The van der Waals surface area contributed by atoms with Crippen LogP contribution in [0.25, 0.3) is 0 Å². The van der Waals surface area contributed by atoms with Crippen molar-refractivity contribution in [3.8, 4) is 0 Å². The van der Waals surface area contributed by atoms with Crippen molar-refractivity contribution in [1.82, 2.24) is 4.90 Å². The molecule has 0 bridgehead atoms. The van der Waals surface area contributed by atoms with Crippen molar-refractivity contribution < 1.29 is 17.2 Å². The summed E-state index contributed by atoms with van der Waals surface area (Å²) < 4.78 is 31.3. The molecule has 0 heterocycles. The first-order valence-electron chi connectivity index (χ1n) is 1.92. The zero-order valence-electron chi connectivity index (χ0n) is 4.65. The van der Waals surface area contributed by atoms with Gasteiger partial charge in [0.15, 0.2) is 0 Å². The van der Waals surface area contributed by atoms with Gasteiger partial charge in [0.2, 0.25) is 0 Å². The largest absolute Gasteiger partial charge is 0.398 e. The molecule has 0 saturated heterocycles. The Balaban J connectivity index is 3.53. The Labute approximate surface area is 54.2 Å². The van der Waals surface area contributed by atoms with E-state index in [1.807, 2.05) is 0 Å². The molecule has 0 aliphatic heterocycles. The second-order valence-electron chi connectivity index (χ2n) is 1.35.